The topological polar surface area (TPSA) is 75.3 Å². The summed E-state index contributed by atoms with van der Waals surface area (Å²) in [5.41, 5.74) is 5.48. The quantitative estimate of drug-likeness (QED) is 0.278. The van der Waals surface area contributed by atoms with Crippen LogP contribution < -0.4 is 5.32 Å². The molecule has 7 nitrogen and oxygen atoms in total. The first kappa shape index (κ1) is 25.0. The Morgan fingerprint density at radius 3 is 2.39 bits per heavy atom. The number of likely N-dealkylation sites (tertiary alicyclic amines) is 1. The van der Waals surface area contributed by atoms with Gasteiger partial charge in [-0.3, -0.25) is 4.90 Å². The van der Waals surface area contributed by atoms with Crippen LogP contribution in [-0.4, -0.2) is 43.9 Å². The number of ether oxygens (including phenoxy) is 2. The molecule has 2 N–H and O–H groups in total. The van der Waals surface area contributed by atoms with Crippen molar-refractivity contribution in [3.63, 3.8) is 0 Å². The van der Waals surface area contributed by atoms with Crippen LogP contribution in [0.3, 0.4) is 0 Å². The van der Waals surface area contributed by atoms with Crippen LogP contribution in [0.2, 0.25) is 0 Å². The molecule has 6 rings (SSSR count). The van der Waals surface area contributed by atoms with E-state index in [-0.39, 0.29) is 24.3 Å². The van der Waals surface area contributed by atoms with Crippen LogP contribution in [0, 0.1) is 0 Å². The van der Waals surface area contributed by atoms with Gasteiger partial charge in [-0.25, -0.2) is 9.97 Å². The lowest BCUT2D eigenvalue weighted by Crippen LogP contribution is -2.39. The van der Waals surface area contributed by atoms with E-state index in [0.717, 1.165) is 48.2 Å². The molecule has 198 valence electrons. The van der Waals surface area contributed by atoms with Gasteiger partial charge in [0.15, 0.2) is 11.6 Å². The standard InChI is InChI=1S/C31H37N5O2/c1-4-5-16-24-28-29(38-31(2,3)37-28)27(36(24)19-22-14-10-7-11-15-22)23-18-32-26-25(23)34-20-35-30(26)33-17-21-12-8-6-9-13-21/h6-15,18,20,24,27-29,32H,4-5,16-17,19H2,1-3H3,(H,33,34,35). The second-order valence-electron chi connectivity index (χ2n) is 10.9. The normalized spacial score (nSPS) is 24.6. The van der Waals surface area contributed by atoms with Crippen LogP contribution in [0.1, 0.15) is 62.8 Å². The number of aromatic amines is 1. The maximum atomic E-state index is 6.64. The summed E-state index contributed by atoms with van der Waals surface area (Å²) in [6.45, 7) is 7.84. The third-order valence-electron chi connectivity index (χ3n) is 7.81. The van der Waals surface area contributed by atoms with Crippen molar-refractivity contribution < 1.29 is 9.47 Å². The Morgan fingerprint density at radius 2 is 1.66 bits per heavy atom. The third kappa shape index (κ3) is 4.82. The van der Waals surface area contributed by atoms with Gasteiger partial charge in [-0.2, -0.15) is 0 Å². The Hall–Kier alpha value is -3.26. The molecule has 0 aliphatic carbocycles. The zero-order valence-corrected chi connectivity index (χ0v) is 22.4. The molecule has 0 bridgehead atoms. The van der Waals surface area contributed by atoms with E-state index in [2.05, 4.69) is 87.9 Å². The number of nitrogens with zero attached hydrogens (tertiary/aromatic N) is 3. The van der Waals surface area contributed by atoms with Gasteiger partial charge in [0.25, 0.3) is 0 Å². The van der Waals surface area contributed by atoms with E-state index in [1.165, 1.54) is 11.1 Å². The second kappa shape index (κ2) is 10.5. The predicted molar refractivity (Wildman–Crippen MR) is 150 cm³/mol. The van der Waals surface area contributed by atoms with Gasteiger partial charge in [-0.05, 0) is 31.4 Å². The summed E-state index contributed by atoms with van der Waals surface area (Å²) in [5, 5.41) is 3.50. The summed E-state index contributed by atoms with van der Waals surface area (Å²) in [5.74, 6) is 0.195. The van der Waals surface area contributed by atoms with E-state index < -0.39 is 5.79 Å². The Bertz CT molecular complexity index is 1360. The van der Waals surface area contributed by atoms with E-state index in [4.69, 9.17) is 14.5 Å². The lowest BCUT2D eigenvalue weighted by molar-refractivity contribution is -0.169. The van der Waals surface area contributed by atoms with Crippen LogP contribution >= 0.6 is 0 Å². The number of nitrogens with one attached hydrogen (secondary N) is 2. The maximum Gasteiger partial charge on any atom is 0.163 e. The van der Waals surface area contributed by atoms with Crippen LogP contribution in [0.4, 0.5) is 5.82 Å². The lowest BCUT2D eigenvalue weighted by atomic mass is 10.0. The molecule has 2 aromatic heterocycles. The number of H-pyrrole nitrogens is 1. The zero-order chi connectivity index (χ0) is 26.1. The predicted octanol–water partition coefficient (Wildman–Crippen LogP) is 6.21. The molecule has 0 spiro atoms. The van der Waals surface area contributed by atoms with Crippen molar-refractivity contribution in [2.75, 3.05) is 5.32 Å². The molecule has 4 heterocycles. The van der Waals surface area contributed by atoms with Crippen molar-refractivity contribution in [1.29, 1.82) is 0 Å². The first-order valence-electron chi connectivity index (χ1n) is 13.8. The lowest BCUT2D eigenvalue weighted by Gasteiger charge is -2.34. The van der Waals surface area contributed by atoms with Gasteiger partial charge in [-0.1, -0.05) is 80.4 Å². The molecule has 0 saturated carbocycles. The molecule has 2 saturated heterocycles. The average molecular weight is 512 g/mol. The number of hydrogen-bond donors (Lipinski definition) is 2. The van der Waals surface area contributed by atoms with E-state index in [9.17, 15) is 0 Å². The Morgan fingerprint density at radius 1 is 0.947 bits per heavy atom. The highest BCUT2D eigenvalue weighted by molar-refractivity contribution is 5.88. The summed E-state index contributed by atoms with van der Waals surface area (Å²) < 4.78 is 13.2. The molecule has 2 aromatic carbocycles. The van der Waals surface area contributed by atoms with Gasteiger partial charge in [0.05, 0.1) is 11.6 Å². The third-order valence-corrected chi connectivity index (χ3v) is 7.81. The number of aromatic nitrogens is 3. The number of hydrogen-bond acceptors (Lipinski definition) is 6. The van der Waals surface area contributed by atoms with Crippen molar-refractivity contribution >= 4 is 16.9 Å². The highest BCUT2D eigenvalue weighted by Gasteiger charge is 2.58. The van der Waals surface area contributed by atoms with Crippen molar-refractivity contribution in [3.05, 3.63) is 89.9 Å². The number of anilines is 1. The van der Waals surface area contributed by atoms with E-state index in [1.54, 1.807) is 6.33 Å². The molecular formula is C31H37N5O2. The molecule has 2 aliphatic heterocycles. The van der Waals surface area contributed by atoms with Gasteiger partial charge < -0.3 is 19.8 Å². The molecule has 2 aliphatic rings. The largest absolute Gasteiger partial charge is 0.364 e. The summed E-state index contributed by atoms with van der Waals surface area (Å²) in [6.07, 6.45) is 7.06. The summed E-state index contributed by atoms with van der Waals surface area (Å²) in [4.78, 5) is 15.4. The fourth-order valence-electron chi connectivity index (χ4n) is 6.15. The Kier molecular flexibility index (Phi) is 6.91. The zero-order valence-electron chi connectivity index (χ0n) is 22.4. The van der Waals surface area contributed by atoms with Crippen molar-refractivity contribution in [1.82, 2.24) is 19.9 Å². The molecule has 0 amide bonds. The van der Waals surface area contributed by atoms with Gasteiger partial charge in [0, 0.05) is 30.9 Å². The van der Waals surface area contributed by atoms with E-state index in [1.807, 2.05) is 19.9 Å². The minimum absolute atomic E-state index is 0.00715. The van der Waals surface area contributed by atoms with Gasteiger partial charge in [-0.15, -0.1) is 0 Å². The monoisotopic (exact) mass is 511 g/mol. The molecule has 4 aromatic rings. The van der Waals surface area contributed by atoms with E-state index >= 15 is 0 Å². The van der Waals surface area contributed by atoms with Gasteiger partial charge >= 0.3 is 0 Å². The molecule has 4 atom stereocenters. The van der Waals surface area contributed by atoms with Crippen LogP contribution in [0.15, 0.2) is 73.2 Å². The van der Waals surface area contributed by atoms with Crippen LogP contribution in [0.5, 0.6) is 0 Å². The number of fused-ring (bicyclic) bond motifs is 2. The number of rotatable bonds is 9. The first-order chi connectivity index (χ1) is 18.5. The second-order valence-corrected chi connectivity index (χ2v) is 10.9. The Labute approximate surface area is 224 Å². The fraction of sp³-hybridized carbons (Fsp3) is 0.419. The van der Waals surface area contributed by atoms with E-state index in [0.29, 0.717) is 6.54 Å². The van der Waals surface area contributed by atoms with Crippen molar-refractivity contribution in [2.24, 2.45) is 0 Å². The SMILES string of the molecule is CCCCC1C2OC(C)(C)OC2C(c2c[nH]c3c(NCc4ccccc4)ncnc23)N1Cc1ccccc1. The molecule has 0 radical (unpaired) electrons. The van der Waals surface area contributed by atoms with Crippen LogP contribution in [-0.2, 0) is 22.6 Å². The first-order valence-corrected chi connectivity index (χ1v) is 13.8. The summed E-state index contributed by atoms with van der Waals surface area (Å²) >= 11 is 0. The van der Waals surface area contributed by atoms with Crippen LogP contribution in [0.25, 0.3) is 11.0 Å². The molecular weight excluding hydrogens is 474 g/mol. The van der Waals surface area contributed by atoms with Crippen molar-refractivity contribution in [2.45, 2.75) is 83.2 Å². The molecule has 7 heteroatoms. The molecule has 38 heavy (non-hydrogen) atoms. The summed E-state index contributed by atoms with van der Waals surface area (Å²) in [7, 11) is 0. The minimum Gasteiger partial charge on any atom is -0.364 e. The Balaban J connectivity index is 1.38. The number of benzene rings is 2. The fourth-order valence-corrected chi connectivity index (χ4v) is 6.15. The van der Waals surface area contributed by atoms with Gasteiger partial charge in [0.1, 0.15) is 24.1 Å². The van der Waals surface area contributed by atoms with Gasteiger partial charge in [0.2, 0.25) is 0 Å². The smallest absolute Gasteiger partial charge is 0.163 e. The molecule has 2 fully saturated rings. The minimum atomic E-state index is -0.611. The highest BCUT2D eigenvalue weighted by Crippen LogP contribution is 2.50. The highest BCUT2D eigenvalue weighted by atomic mass is 16.8. The molecule has 4 unspecified atom stereocenters. The average Bonchev–Trinajstić information content (AvgIpc) is 3.57. The maximum absolute atomic E-state index is 6.64. The van der Waals surface area contributed by atoms with Crippen molar-refractivity contribution in [3.8, 4) is 0 Å². The summed E-state index contributed by atoms with van der Waals surface area (Å²) in [6, 6.07) is 21.3. The number of unbranched alkanes of at least 4 members (excludes halogenated alkanes) is 1.